The lowest BCUT2D eigenvalue weighted by atomic mass is 10.0. The summed E-state index contributed by atoms with van der Waals surface area (Å²) in [7, 11) is 0. The molecule has 0 aliphatic heterocycles. The second kappa shape index (κ2) is 6.62. The van der Waals surface area contributed by atoms with Crippen LogP contribution in [0.2, 0.25) is 0 Å². The number of hydrogen-bond acceptors (Lipinski definition) is 3. The number of nitrogens with two attached hydrogens (primary N) is 1. The maximum Gasteiger partial charge on any atom is 0.225 e. The molecule has 0 atom stereocenters. The van der Waals surface area contributed by atoms with E-state index in [0.29, 0.717) is 25.2 Å². The number of aromatic nitrogens is 2. The number of aryl methyl sites for hydroxylation is 2. The number of imidazole rings is 1. The van der Waals surface area contributed by atoms with Gasteiger partial charge in [-0.05, 0) is 36.1 Å². The lowest BCUT2D eigenvalue weighted by molar-refractivity contribution is -0.116. The summed E-state index contributed by atoms with van der Waals surface area (Å²) >= 11 is 0. The van der Waals surface area contributed by atoms with Gasteiger partial charge in [-0.15, -0.1) is 0 Å². The lowest BCUT2D eigenvalue weighted by Crippen LogP contribution is -2.14. The van der Waals surface area contributed by atoms with Crippen LogP contribution in [0.3, 0.4) is 0 Å². The monoisotopic (exact) mass is 308 g/mol. The Kier molecular flexibility index (Phi) is 4.39. The Bertz CT molecular complexity index is 838. The van der Waals surface area contributed by atoms with Crippen LogP contribution in [0.15, 0.2) is 48.8 Å². The molecular formula is C18H20N4O. The Morgan fingerprint density at radius 2 is 2.00 bits per heavy atom. The minimum Gasteiger partial charge on any atom is -0.326 e. The van der Waals surface area contributed by atoms with Crippen LogP contribution in [-0.2, 0) is 17.8 Å². The van der Waals surface area contributed by atoms with E-state index in [2.05, 4.69) is 10.3 Å². The van der Waals surface area contributed by atoms with Crippen LogP contribution in [0.4, 0.5) is 5.82 Å². The Morgan fingerprint density at radius 3 is 2.78 bits per heavy atom. The first-order chi connectivity index (χ1) is 11.2. The summed E-state index contributed by atoms with van der Waals surface area (Å²) in [6.07, 6.45) is 4.67. The van der Waals surface area contributed by atoms with Gasteiger partial charge >= 0.3 is 0 Å². The SMILES string of the molecule is Cc1cccn2c(NC(=O)CCc3ccccc3CN)cnc12. The fraction of sp³-hybridized carbons (Fsp3) is 0.222. The minimum atomic E-state index is -0.0277. The first kappa shape index (κ1) is 15.2. The molecule has 5 heteroatoms. The standard InChI is InChI=1S/C18H20N4O/c1-13-5-4-10-22-16(12-20-18(13)22)21-17(23)9-8-14-6-2-3-7-15(14)11-19/h2-7,10,12H,8-9,11,19H2,1H3,(H,21,23). The molecule has 23 heavy (non-hydrogen) atoms. The summed E-state index contributed by atoms with van der Waals surface area (Å²) in [5, 5.41) is 2.93. The van der Waals surface area contributed by atoms with Gasteiger partial charge < -0.3 is 11.1 Å². The summed E-state index contributed by atoms with van der Waals surface area (Å²) in [6, 6.07) is 11.9. The van der Waals surface area contributed by atoms with Gasteiger partial charge in [-0.1, -0.05) is 30.3 Å². The molecule has 1 amide bonds. The van der Waals surface area contributed by atoms with E-state index in [0.717, 1.165) is 22.3 Å². The van der Waals surface area contributed by atoms with Crippen LogP contribution in [0.1, 0.15) is 23.1 Å². The highest BCUT2D eigenvalue weighted by Gasteiger charge is 2.09. The Morgan fingerprint density at radius 1 is 1.22 bits per heavy atom. The number of carbonyl (C=O) groups excluding carboxylic acids is 1. The molecule has 118 valence electrons. The molecule has 0 spiro atoms. The number of nitrogens with zero attached hydrogens (tertiary/aromatic N) is 2. The summed E-state index contributed by atoms with van der Waals surface area (Å²) in [5.41, 5.74) is 9.88. The molecule has 0 radical (unpaired) electrons. The molecule has 0 aliphatic rings. The van der Waals surface area contributed by atoms with Crippen molar-refractivity contribution < 1.29 is 4.79 Å². The minimum absolute atomic E-state index is 0.0277. The molecule has 2 heterocycles. The third-order valence-corrected chi connectivity index (χ3v) is 3.96. The van der Waals surface area contributed by atoms with E-state index in [1.54, 1.807) is 6.20 Å². The Labute approximate surface area is 135 Å². The molecular weight excluding hydrogens is 288 g/mol. The predicted molar refractivity (Wildman–Crippen MR) is 91.2 cm³/mol. The number of pyridine rings is 1. The van der Waals surface area contributed by atoms with Gasteiger partial charge in [-0.2, -0.15) is 0 Å². The molecule has 0 aliphatic carbocycles. The quantitative estimate of drug-likeness (QED) is 0.761. The number of amides is 1. The Hall–Kier alpha value is -2.66. The van der Waals surface area contributed by atoms with Crippen molar-refractivity contribution in [3.05, 3.63) is 65.5 Å². The van der Waals surface area contributed by atoms with Crippen LogP contribution in [0.5, 0.6) is 0 Å². The third kappa shape index (κ3) is 3.24. The Balaban J connectivity index is 1.68. The van der Waals surface area contributed by atoms with E-state index in [4.69, 9.17) is 5.73 Å². The number of benzene rings is 1. The largest absolute Gasteiger partial charge is 0.326 e. The summed E-state index contributed by atoms with van der Waals surface area (Å²) in [5.74, 6) is 0.668. The molecule has 0 bridgehead atoms. The van der Waals surface area contributed by atoms with Gasteiger partial charge in [0.2, 0.25) is 5.91 Å². The van der Waals surface area contributed by atoms with E-state index in [-0.39, 0.29) is 5.91 Å². The number of anilines is 1. The fourth-order valence-corrected chi connectivity index (χ4v) is 2.70. The topological polar surface area (TPSA) is 72.4 Å². The average molecular weight is 308 g/mol. The number of nitrogens with one attached hydrogen (secondary N) is 1. The number of rotatable bonds is 5. The molecule has 1 aromatic carbocycles. The second-order valence-electron chi connectivity index (χ2n) is 5.55. The molecule has 2 aromatic heterocycles. The zero-order valence-electron chi connectivity index (χ0n) is 13.1. The van der Waals surface area contributed by atoms with Crippen molar-refractivity contribution >= 4 is 17.4 Å². The van der Waals surface area contributed by atoms with Crippen molar-refractivity contribution in [2.24, 2.45) is 5.73 Å². The second-order valence-corrected chi connectivity index (χ2v) is 5.55. The van der Waals surface area contributed by atoms with E-state index in [1.807, 2.05) is 53.9 Å². The van der Waals surface area contributed by atoms with E-state index >= 15 is 0 Å². The molecule has 0 unspecified atom stereocenters. The zero-order chi connectivity index (χ0) is 16.2. The maximum absolute atomic E-state index is 12.2. The first-order valence-corrected chi connectivity index (χ1v) is 7.68. The predicted octanol–water partition coefficient (Wildman–Crippen LogP) is 2.67. The van der Waals surface area contributed by atoms with Gasteiger partial charge in [0.05, 0.1) is 6.20 Å². The van der Waals surface area contributed by atoms with E-state index in [1.165, 1.54) is 0 Å². The van der Waals surface area contributed by atoms with Gasteiger partial charge in [-0.25, -0.2) is 4.98 Å². The van der Waals surface area contributed by atoms with Gasteiger partial charge in [0.25, 0.3) is 0 Å². The van der Waals surface area contributed by atoms with Gasteiger partial charge in [0.1, 0.15) is 11.5 Å². The molecule has 3 aromatic rings. The third-order valence-electron chi connectivity index (χ3n) is 3.96. The smallest absolute Gasteiger partial charge is 0.225 e. The summed E-state index contributed by atoms with van der Waals surface area (Å²) in [6.45, 7) is 2.49. The normalized spacial score (nSPS) is 10.9. The first-order valence-electron chi connectivity index (χ1n) is 7.68. The van der Waals surface area contributed by atoms with Crippen molar-refractivity contribution in [2.75, 3.05) is 5.32 Å². The fourth-order valence-electron chi connectivity index (χ4n) is 2.70. The van der Waals surface area contributed by atoms with Crippen LogP contribution in [0, 0.1) is 6.92 Å². The van der Waals surface area contributed by atoms with Crippen molar-refractivity contribution in [1.29, 1.82) is 0 Å². The molecule has 0 saturated carbocycles. The highest BCUT2D eigenvalue weighted by molar-refractivity contribution is 5.90. The molecule has 5 nitrogen and oxygen atoms in total. The molecule has 3 rings (SSSR count). The van der Waals surface area contributed by atoms with Crippen molar-refractivity contribution in [3.63, 3.8) is 0 Å². The summed E-state index contributed by atoms with van der Waals surface area (Å²) < 4.78 is 1.89. The number of hydrogen-bond donors (Lipinski definition) is 2. The van der Waals surface area contributed by atoms with Gasteiger partial charge in [0.15, 0.2) is 0 Å². The molecule has 3 N–H and O–H groups in total. The van der Waals surface area contributed by atoms with Crippen molar-refractivity contribution in [2.45, 2.75) is 26.3 Å². The van der Waals surface area contributed by atoms with Crippen LogP contribution >= 0.6 is 0 Å². The van der Waals surface area contributed by atoms with Gasteiger partial charge in [0, 0.05) is 19.2 Å². The van der Waals surface area contributed by atoms with Crippen molar-refractivity contribution in [1.82, 2.24) is 9.38 Å². The van der Waals surface area contributed by atoms with Crippen LogP contribution in [0.25, 0.3) is 5.65 Å². The summed E-state index contributed by atoms with van der Waals surface area (Å²) in [4.78, 5) is 16.6. The number of fused-ring (bicyclic) bond motifs is 1. The number of carbonyl (C=O) groups is 1. The van der Waals surface area contributed by atoms with Crippen LogP contribution < -0.4 is 11.1 Å². The van der Waals surface area contributed by atoms with Gasteiger partial charge in [-0.3, -0.25) is 9.20 Å². The van der Waals surface area contributed by atoms with Crippen LogP contribution in [-0.4, -0.2) is 15.3 Å². The van der Waals surface area contributed by atoms with Crippen molar-refractivity contribution in [3.8, 4) is 0 Å². The molecule has 0 saturated heterocycles. The highest BCUT2D eigenvalue weighted by Crippen LogP contribution is 2.16. The van der Waals surface area contributed by atoms with E-state index < -0.39 is 0 Å². The maximum atomic E-state index is 12.2. The lowest BCUT2D eigenvalue weighted by Gasteiger charge is -2.08. The zero-order valence-corrected chi connectivity index (χ0v) is 13.1. The molecule has 0 fully saturated rings. The van der Waals surface area contributed by atoms with E-state index in [9.17, 15) is 4.79 Å². The highest BCUT2D eigenvalue weighted by atomic mass is 16.1. The average Bonchev–Trinajstić information content (AvgIpc) is 2.97.